The van der Waals surface area contributed by atoms with Gasteiger partial charge in [0.25, 0.3) is 0 Å². The third kappa shape index (κ3) is 5.75. The van der Waals surface area contributed by atoms with Crippen LogP contribution >= 0.6 is 11.6 Å². The lowest BCUT2D eigenvalue weighted by molar-refractivity contribution is -0.156. The molecule has 0 radical (unpaired) electrons. The maximum atomic E-state index is 13.0. The van der Waals surface area contributed by atoms with Crippen molar-refractivity contribution in [1.29, 1.82) is 0 Å². The summed E-state index contributed by atoms with van der Waals surface area (Å²) in [7, 11) is 0. The third-order valence-corrected chi connectivity index (χ3v) is 6.70. The highest BCUT2D eigenvalue weighted by molar-refractivity contribution is 6.33. The Morgan fingerprint density at radius 1 is 1.24 bits per heavy atom. The molecule has 1 N–H and O–H groups in total. The SMILES string of the molecule is CC1Cc2c(-c3cc(NC(=O)[C@H]4CCC[C@@H](CC(=O)OC(C)(C)C)C4)ncc3Cl)cnn2C1. The Morgan fingerprint density at radius 2 is 2.03 bits per heavy atom. The molecule has 1 aliphatic heterocycles. The van der Waals surface area contributed by atoms with Crippen molar-refractivity contribution in [2.75, 3.05) is 5.32 Å². The van der Waals surface area contributed by atoms with E-state index < -0.39 is 5.60 Å². The number of nitrogens with one attached hydrogen (secondary N) is 1. The minimum Gasteiger partial charge on any atom is -0.460 e. The van der Waals surface area contributed by atoms with Crippen molar-refractivity contribution in [3.63, 3.8) is 0 Å². The summed E-state index contributed by atoms with van der Waals surface area (Å²) >= 11 is 6.47. The topological polar surface area (TPSA) is 86.1 Å². The predicted molar refractivity (Wildman–Crippen MR) is 128 cm³/mol. The Morgan fingerprint density at radius 3 is 2.79 bits per heavy atom. The summed E-state index contributed by atoms with van der Waals surface area (Å²) in [5.74, 6) is 0.800. The minimum atomic E-state index is -0.492. The molecule has 1 fully saturated rings. The number of hydrogen-bond donors (Lipinski definition) is 1. The Bertz CT molecular complexity index is 1040. The van der Waals surface area contributed by atoms with Crippen LogP contribution in [0.4, 0.5) is 5.82 Å². The van der Waals surface area contributed by atoms with E-state index >= 15 is 0 Å². The van der Waals surface area contributed by atoms with Crippen LogP contribution in [0.5, 0.6) is 0 Å². The zero-order valence-electron chi connectivity index (χ0n) is 19.9. The Kier molecular flexibility index (Phi) is 6.80. The number of fused-ring (bicyclic) bond motifs is 1. The molecule has 1 amide bonds. The number of ether oxygens (including phenoxy) is 1. The smallest absolute Gasteiger partial charge is 0.306 e. The van der Waals surface area contributed by atoms with Crippen molar-refractivity contribution in [2.24, 2.45) is 17.8 Å². The standard InChI is InChI=1S/C25H33ClN4O3/c1-15-8-21-19(12-28-30(21)14-15)18-11-22(27-13-20(18)26)29-24(32)17-7-5-6-16(9-17)10-23(31)33-25(2,3)4/h11-13,15-17H,5-10,14H2,1-4H3,(H,27,29,32)/t15?,16-,17+/m1/s1. The summed E-state index contributed by atoms with van der Waals surface area (Å²) < 4.78 is 7.49. The summed E-state index contributed by atoms with van der Waals surface area (Å²) in [6.45, 7) is 8.73. The average Bonchev–Trinajstić information content (AvgIpc) is 3.27. The van der Waals surface area contributed by atoms with E-state index in [0.717, 1.165) is 43.4 Å². The molecule has 3 heterocycles. The van der Waals surface area contributed by atoms with Crippen molar-refractivity contribution in [3.8, 4) is 11.1 Å². The van der Waals surface area contributed by atoms with E-state index in [1.165, 1.54) is 5.69 Å². The molecular weight excluding hydrogens is 440 g/mol. The number of nitrogens with zero attached hydrogens (tertiary/aromatic N) is 3. The van der Waals surface area contributed by atoms with Crippen LogP contribution in [0.2, 0.25) is 5.02 Å². The van der Waals surface area contributed by atoms with Gasteiger partial charge >= 0.3 is 5.97 Å². The fourth-order valence-electron chi connectivity index (χ4n) is 4.97. The molecule has 3 atom stereocenters. The van der Waals surface area contributed by atoms with Gasteiger partial charge in [0.1, 0.15) is 11.4 Å². The summed E-state index contributed by atoms with van der Waals surface area (Å²) in [4.78, 5) is 29.6. The average molecular weight is 473 g/mol. The molecule has 2 aromatic rings. The third-order valence-electron chi connectivity index (χ3n) is 6.40. The monoisotopic (exact) mass is 472 g/mol. The number of rotatable bonds is 5. The lowest BCUT2D eigenvalue weighted by atomic mass is 9.79. The van der Waals surface area contributed by atoms with Crippen LogP contribution in [0.25, 0.3) is 11.1 Å². The van der Waals surface area contributed by atoms with Gasteiger partial charge in [-0.1, -0.05) is 24.9 Å². The Labute approximate surface area is 200 Å². The summed E-state index contributed by atoms with van der Waals surface area (Å²) in [6.07, 6.45) is 8.10. The van der Waals surface area contributed by atoms with Gasteiger partial charge in [-0.2, -0.15) is 5.10 Å². The zero-order chi connectivity index (χ0) is 23.8. The Hall–Kier alpha value is -2.41. The highest BCUT2D eigenvalue weighted by Crippen LogP contribution is 2.36. The molecular formula is C25H33ClN4O3. The minimum absolute atomic E-state index is 0.0569. The quantitative estimate of drug-likeness (QED) is 0.599. The number of aromatic nitrogens is 3. The van der Waals surface area contributed by atoms with Gasteiger partial charge in [0.05, 0.1) is 11.2 Å². The fraction of sp³-hybridized carbons (Fsp3) is 0.600. The number of carbonyl (C=O) groups is 2. The molecule has 2 aliphatic rings. The molecule has 4 rings (SSSR count). The summed E-state index contributed by atoms with van der Waals surface area (Å²) in [5, 5.41) is 8.01. The maximum absolute atomic E-state index is 13.0. The molecule has 0 saturated heterocycles. The Balaban J connectivity index is 1.42. The van der Waals surface area contributed by atoms with E-state index in [9.17, 15) is 9.59 Å². The largest absolute Gasteiger partial charge is 0.460 e. The van der Waals surface area contributed by atoms with E-state index in [0.29, 0.717) is 29.6 Å². The second-order valence-electron chi connectivity index (χ2n) is 10.6. The van der Waals surface area contributed by atoms with Gasteiger partial charge in [-0.25, -0.2) is 4.98 Å². The molecule has 1 unspecified atom stereocenters. The van der Waals surface area contributed by atoms with E-state index in [4.69, 9.17) is 16.3 Å². The lowest BCUT2D eigenvalue weighted by Gasteiger charge is -2.29. The van der Waals surface area contributed by atoms with Crippen molar-refractivity contribution in [1.82, 2.24) is 14.8 Å². The zero-order valence-corrected chi connectivity index (χ0v) is 20.6. The first-order chi connectivity index (χ1) is 15.6. The molecule has 0 bridgehead atoms. The molecule has 2 aromatic heterocycles. The predicted octanol–water partition coefficient (Wildman–Crippen LogP) is 5.27. The molecule has 8 heteroatoms. The normalized spacial score (nSPS) is 22.6. The first kappa shape index (κ1) is 23.7. The van der Waals surface area contributed by atoms with Crippen molar-refractivity contribution < 1.29 is 14.3 Å². The van der Waals surface area contributed by atoms with E-state index in [2.05, 4.69) is 22.3 Å². The van der Waals surface area contributed by atoms with Crippen molar-refractivity contribution in [2.45, 2.75) is 78.4 Å². The molecule has 33 heavy (non-hydrogen) atoms. The van der Waals surface area contributed by atoms with Gasteiger partial charge < -0.3 is 10.1 Å². The number of esters is 1. The van der Waals surface area contributed by atoms with Gasteiger partial charge in [0.2, 0.25) is 5.91 Å². The van der Waals surface area contributed by atoms with Crippen LogP contribution in [0.15, 0.2) is 18.5 Å². The second kappa shape index (κ2) is 9.45. The van der Waals surface area contributed by atoms with Crippen molar-refractivity contribution in [3.05, 3.63) is 29.2 Å². The number of halogens is 1. The maximum Gasteiger partial charge on any atom is 0.306 e. The summed E-state index contributed by atoms with van der Waals surface area (Å²) in [6, 6.07) is 1.84. The number of amides is 1. The van der Waals surface area contributed by atoms with Gasteiger partial charge in [-0.05, 0) is 64.4 Å². The first-order valence-corrected chi connectivity index (χ1v) is 12.2. The van der Waals surface area contributed by atoms with Crippen LogP contribution in [-0.4, -0.2) is 32.2 Å². The van der Waals surface area contributed by atoms with Gasteiger partial charge in [0, 0.05) is 41.9 Å². The molecule has 7 nitrogen and oxygen atoms in total. The number of hydrogen-bond acceptors (Lipinski definition) is 5. The van der Waals surface area contributed by atoms with Crippen LogP contribution < -0.4 is 5.32 Å². The molecule has 0 aromatic carbocycles. The highest BCUT2D eigenvalue weighted by Gasteiger charge is 2.30. The van der Waals surface area contributed by atoms with Crippen LogP contribution in [-0.2, 0) is 27.3 Å². The van der Waals surface area contributed by atoms with Crippen molar-refractivity contribution >= 4 is 29.3 Å². The van der Waals surface area contributed by atoms with E-state index in [1.54, 1.807) is 6.20 Å². The summed E-state index contributed by atoms with van der Waals surface area (Å²) in [5.41, 5.74) is 2.51. The fourth-order valence-corrected chi connectivity index (χ4v) is 5.18. The molecule has 0 spiro atoms. The van der Waals surface area contributed by atoms with E-state index in [1.807, 2.05) is 37.7 Å². The number of anilines is 1. The molecule has 1 saturated carbocycles. The van der Waals surface area contributed by atoms with Gasteiger partial charge in [-0.15, -0.1) is 0 Å². The van der Waals surface area contributed by atoms with Gasteiger partial charge in [-0.3, -0.25) is 14.3 Å². The van der Waals surface area contributed by atoms with Gasteiger partial charge in [0.15, 0.2) is 0 Å². The second-order valence-corrected chi connectivity index (χ2v) is 11.0. The van der Waals surface area contributed by atoms with Crippen LogP contribution in [0, 0.1) is 17.8 Å². The highest BCUT2D eigenvalue weighted by atomic mass is 35.5. The molecule has 178 valence electrons. The molecule has 1 aliphatic carbocycles. The van der Waals surface area contributed by atoms with Crippen LogP contribution in [0.1, 0.15) is 65.5 Å². The van der Waals surface area contributed by atoms with Crippen LogP contribution in [0.3, 0.4) is 0 Å². The first-order valence-electron chi connectivity index (χ1n) is 11.8. The number of pyridine rings is 1. The lowest BCUT2D eigenvalue weighted by Crippen LogP contribution is -2.31. The van der Waals surface area contributed by atoms with E-state index in [-0.39, 0.29) is 23.7 Å². The number of carbonyl (C=O) groups excluding carboxylic acids is 2.